The van der Waals surface area contributed by atoms with Gasteiger partial charge in [-0.25, -0.2) is 4.68 Å². The molecule has 8 heteroatoms. The summed E-state index contributed by atoms with van der Waals surface area (Å²) in [5.41, 5.74) is 0.841. The SMILES string of the molecule is CC1CC(C)N(C(=O)c2cc3n(n2)C(C(F)(F)F)CC(c2ccccc2)N3)C(C)C1. The molecule has 1 aromatic heterocycles. The Kier molecular flexibility index (Phi) is 5.28. The van der Waals surface area contributed by atoms with Crippen molar-refractivity contribution in [3.63, 3.8) is 0 Å². The van der Waals surface area contributed by atoms with Gasteiger partial charge in [0, 0.05) is 24.6 Å². The van der Waals surface area contributed by atoms with Gasteiger partial charge in [-0.3, -0.25) is 4.79 Å². The molecule has 1 saturated heterocycles. The van der Waals surface area contributed by atoms with Crippen molar-refractivity contribution in [3.05, 3.63) is 47.7 Å². The molecule has 4 rings (SSSR count). The highest BCUT2D eigenvalue weighted by Gasteiger charge is 2.47. The minimum absolute atomic E-state index is 0.0263. The van der Waals surface area contributed by atoms with Gasteiger partial charge in [0.15, 0.2) is 11.7 Å². The normalized spacial score (nSPS) is 29.3. The molecule has 2 aliphatic heterocycles. The molecule has 162 valence electrons. The summed E-state index contributed by atoms with van der Waals surface area (Å²) in [6.45, 7) is 6.14. The van der Waals surface area contributed by atoms with Gasteiger partial charge in [0.2, 0.25) is 0 Å². The standard InChI is InChI=1S/C22H27F3N4O/c1-13-9-14(2)28(15(3)10-13)21(30)18-12-20-26-17(16-7-5-4-6-8-16)11-19(22(23,24)25)29(20)27-18/h4-8,12-15,17,19,26H,9-11H2,1-3H3. The maximum atomic E-state index is 13.9. The number of alkyl halides is 3. The smallest absolute Gasteiger partial charge is 0.363 e. The van der Waals surface area contributed by atoms with Crippen LogP contribution in [0.2, 0.25) is 0 Å². The van der Waals surface area contributed by atoms with Crippen molar-refractivity contribution < 1.29 is 18.0 Å². The second kappa shape index (κ2) is 7.63. The number of piperidine rings is 1. The van der Waals surface area contributed by atoms with E-state index in [1.807, 2.05) is 19.9 Å². The van der Waals surface area contributed by atoms with Crippen LogP contribution in [0, 0.1) is 5.92 Å². The van der Waals surface area contributed by atoms with Crippen LogP contribution in [0.25, 0.3) is 0 Å². The Bertz CT molecular complexity index is 899. The van der Waals surface area contributed by atoms with Crippen LogP contribution in [-0.2, 0) is 0 Å². The van der Waals surface area contributed by atoms with E-state index in [4.69, 9.17) is 0 Å². The lowest BCUT2D eigenvalue weighted by atomic mass is 9.88. The van der Waals surface area contributed by atoms with Crippen LogP contribution in [0.1, 0.15) is 68.2 Å². The average Bonchev–Trinajstić information content (AvgIpc) is 3.10. The molecule has 3 heterocycles. The number of anilines is 1. The van der Waals surface area contributed by atoms with Crippen molar-refractivity contribution in [2.75, 3.05) is 5.32 Å². The second-order valence-electron chi connectivity index (χ2n) is 8.75. The number of hydrogen-bond donors (Lipinski definition) is 1. The highest BCUT2D eigenvalue weighted by molar-refractivity contribution is 5.93. The Morgan fingerprint density at radius 2 is 1.70 bits per heavy atom. The number of benzene rings is 1. The van der Waals surface area contributed by atoms with E-state index < -0.39 is 18.3 Å². The number of nitrogens with zero attached hydrogens (tertiary/aromatic N) is 3. The van der Waals surface area contributed by atoms with Crippen LogP contribution in [0.5, 0.6) is 0 Å². The molecule has 5 nitrogen and oxygen atoms in total. The molecule has 1 N–H and O–H groups in total. The molecule has 0 spiro atoms. The Hall–Kier alpha value is -2.51. The zero-order chi connectivity index (χ0) is 21.6. The van der Waals surface area contributed by atoms with Crippen LogP contribution in [0.3, 0.4) is 0 Å². The molecule has 0 bridgehead atoms. The van der Waals surface area contributed by atoms with Gasteiger partial charge in [0.25, 0.3) is 5.91 Å². The third kappa shape index (κ3) is 3.79. The van der Waals surface area contributed by atoms with Gasteiger partial charge in [-0.2, -0.15) is 18.3 Å². The zero-order valence-corrected chi connectivity index (χ0v) is 17.4. The van der Waals surface area contributed by atoms with Crippen LogP contribution in [0.4, 0.5) is 19.0 Å². The fraction of sp³-hybridized carbons (Fsp3) is 0.545. The third-order valence-corrected chi connectivity index (χ3v) is 6.28. The van der Waals surface area contributed by atoms with Gasteiger partial charge in [-0.15, -0.1) is 0 Å². The van der Waals surface area contributed by atoms with Crippen LogP contribution >= 0.6 is 0 Å². The number of carbonyl (C=O) groups excluding carboxylic acids is 1. The number of fused-ring (bicyclic) bond motifs is 1. The molecule has 1 amide bonds. The summed E-state index contributed by atoms with van der Waals surface area (Å²) in [4.78, 5) is 15.0. The van der Waals surface area contributed by atoms with E-state index in [-0.39, 0.29) is 35.9 Å². The summed E-state index contributed by atoms with van der Waals surface area (Å²) in [6, 6.07) is 8.29. The summed E-state index contributed by atoms with van der Waals surface area (Å²) in [5.74, 6) is 0.436. The van der Waals surface area contributed by atoms with E-state index in [9.17, 15) is 18.0 Å². The third-order valence-electron chi connectivity index (χ3n) is 6.28. The van der Waals surface area contributed by atoms with Crippen molar-refractivity contribution in [2.24, 2.45) is 5.92 Å². The fourth-order valence-corrected chi connectivity index (χ4v) is 5.04. The molecule has 2 aliphatic rings. The van der Waals surface area contributed by atoms with Gasteiger partial charge in [0.05, 0.1) is 6.04 Å². The maximum absolute atomic E-state index is 13.9. The van der Waals surface area contributed by atoms with Crippen LogP contribution < -0.4 is 5.32 Å². The van der Waals surface area contributed by atoms with Crippen LogP contribution in [-0.4, -0.2) is 38.8 Å². The predicted octanol–water partition coefficient (Wildman–Crippen LogP) is 5.19. The summed E-state index contributed by atoms with van der Waals surface area (Å²) >= 11 is 0. The Morgan fingerprint density at radius 1 is 1.07 bits per heavy atom. The van der Waals surface area contributed by atoms with E-state index >= 15 is 0 Å². The average molecular weight is 420 g/mol. The molecule has 4 unspecified atom stereocenters. The lowest BCUT2D eigenvalue weighted by Gasteiger charge is -2.41. The van der Waals surface area contributed by atoms with Crippen molar-refractivity contribution in [1.82, 2.24) is 14.7 Å². The number of aromatic nitrogens is 2. The first kappa shape index (κ1) is 20.8. The number of carbonyl (C=O) groups is 1. The molecule has 0 aliphatic carbocycles. The highest BCUT2D eigenvalue weighted by atomic mass is 19.4. The van der Waals surface area contributed by atoms with Gasteiger partial charge in [-0.05, 0) is 38.2 Å². The van der Waals surface area contributed by atoms with E-state index in [1.54, 1.807) is 29.2 Å². The van der Waals surface area contributed by atoms with Gasteiger partial charge in [0.1, 0.15) is 5.82 Å². The first-order chi connectivity index (χ1) is 14.1. The number of rotatable bonds is 2. The quantitative estimate of drug-likeness (QED) is 0.727. The molecule has 2 aromatic rings. The van der Waals surface area contributed by atoms with Crippen molar-refractivity contribution in [1.29, 1.82) is 0 Å². The summed E-state index contributed by atoms with van der Waals surface area (Å²) in [6.07, 6.45) is -2.88. The zero-order valence-electron chi connectivity index (χ0n) is 17.4. The molecule has 4 atom stereocenters. The molecule has 1 fully saturated rings. The fourth-order valence-electron chi connectivity index (χ4n) is 5.04. The van der Waals surface area contributed by atoms with Crippen molar-refractivity contribution >= 4 is 11.7 Å². The first-order valence-corrected chi connectivity index (χ1v) is 10.5. The highest BCUT2D eigenvalue weighted by Crippen LogP contribution is 2.43. The Balaban J connectivity index is 1.67. The van der Waals surface area contributed by atoms with E-state index in [0.29, 0.717) is 5.92 Å². The lowest BCUT2D eigenvalue weighted by Crippen LogP contribution is -2.49. The van der Waals surface area contributed by atoms with E-state index in [1.165, 1.54) is 6.07 Å². The molecule has 0 radical (unpaired) electrons. The molecule has 30 heavy (non-hydrogen) atoms. The summed E-state index contributed by atoms with van der Waals surface area (Å²) in [7, 11) is 0. The molecular formula is C22H27F3N4O. The maximum Gasteiger partial charge on any atom is 0.410 e. The van der Waals surface area contributed by atoms with Crippen molar-refractivity contribution in [2.45, 2.75) is 70.4 Å². The van der Waals surface area contributed by atoms with Gasteiger partial charge in [-0.1, -0.05) is 37.3 Å². The number of amides is 1. The van der Waals surface area contributed by atoms with E-state index in [0.717, 1.165) is 23.1 Å². The number of nitrogens with one attached hydrogen (secondary N) is 1. The largest absolute Gasteiger partial charge is 0.410 e. The first-order valence-electron chi connectivity index (χ1n) is 10.5. The molecule has 1 aromatic carbocycles. The summed E-state index contributed by atoms with van der Waals surface area (Å²) < 4.78 is 42.5. The number of halogens is 3. The van der Waals surface area contributed by atoms with Gasteiger partial charge < -0.3 is 10.2 Å². The van der Waals surface area contributed by atoms with Crippen molar-refractivity contribution in [3.8, 4) is 0 Å². The summed E-state index contributed by atoms with van der Waals surface area (Å²) in [5, 5.41) is 7.29. The van der Waals surface area contributed by atoms with E-state index in [2.05, 4.69) is 17.3 Å². The second-order valence-corrected chi connectivity index (χ2v) is 8.75. The topological polar surface area (TPSA) is 50.2 Å². The number of likely N-dealkylation sites (tertiary alicyclic amines) is 1. The monoisotopic (exact) mass is 420 g/mol. The Labute approximate surface area is 174 Å². The molecule has 0 saturated carbocycles. The lowest BCUT2D eigenvalue weighted by molar-refractivity contribution is -0.173. The molecular weight excluding hydrogens is 393 g/mol. The predicted molar refractivity (Wildman–Crippen MR) is 108 cm³/mol. The number of hydrogen-bond acceptors (Lipinski definition) is 3. The minimum Gasteiger partial charge on any atom is -0.363 e. The Morgan fingerprint density at radius 3 is 2.30 bits per heavy atom. The van der Waals surface area contributed by atoms with Gasteiger partial charge >= 0.3 is 6.18 Å². The minimum atomic E-state index is -4.46. The van der Waals surface area contributed by atoms with Crippen LogP contribution in [0.15, 0.2) is 36.4 Å².